The minimum Gasteiger partial charge on any atom is -0.398 e. The fourth-order valence-corrected chi connectivity index (χ4v) is 3.90. The molecule has 0 atom stereocenters. The monoisotopic (exact) mass is 300 g/mol. The summed E-state index contributed by atoms with van der Waals surface area (Å²) in [6, 6.07) is 1.13. The first-order valence-electron chi connectivity index (χ1n) is 8.39. The van der Waals surface area contributed by atoms with Crippen LogP contribution in [0.3, 0.4) is 0 Å². The van der Waals surface area contributed by atoms with Crippen molar-refractivity contribution >= 4 is 8.56 Å². The maximum atomic E-state index is 5.50. The van der Waals surface area contributed by atoms with Crippen molar-refractivity contribution in [2.24, 2.45) is 0 Å². The van der Waals surface area contributed by atoms with Crippen LogP contribution < -0.4 is 0 Å². The lowest BCUT2D eigenvalue weighted by Gasteiger charge is -2.22. The smallest absolute Gasteiger partial charge is 0.334 e. The second-order valence-electron chi connectivity index (χ2n) is 5.90. The first kappa shape index (κ1) is 19.9. The maximum absolute atomic E-state index is 5.50. The molecule has 0 aromatic carbocycles. The minimum atomic E-state index is -1.80. The highest BCUT2D eigenvalue weighted by molar-refractivity contribution is 6.65. The van der Waals surface area contributed by atoms with Gasteiger partial charge in [-0.25, -0.2) is 0 Å². The van der Waals surface area contributed by atoms with Crippen LogP contribution in [0.5, 0.6) is 0 Å². The standard InChI is InChI=1S/C17H36O2Si/c1-5-6-7-8-9-10-11-12-13-14-15-16-17-20(4,18-2)19-3/h5H,1,6-17H2,2-4H3. The Morgan fingerprint density at radius 1 is 0.750 bits per heavy atom. The molecule has 0 aliphatic heterocycles. The van der Waals surface area contributed by atoms with Gasteiger partial charge in [-0.2, -0.15) is 0 Å². The third-order valence-electron chi connectivity index (χ3n) is 4.15. The van der Waals surface area contributed by atoms with Gasteiger partial charge in [0, 0.05) is 14.2 Å². The lowest BCUT2D eigenvalue weighted by atomic mass is 10.1. The van der Waals surface area contributed by atoms with Crippen molar-refractivity contribution in [2.75, 3.05) is 14.2 Å². The predicted molar refractivity (Wildman–Crippen MR) is 91.4 cm³/mol. The molecule has 0 radical (unpaired) electrons. The van der Waals surface area contributed by atoms with Crippen LogP contribution in [0.1, 0.15) is 70.6 Å². The lowest BCUT2D eigenvalue weighted by Crippen LogP contribution is -2.35. The molecule has 0 aliphatic rings. The molecule has 0 unspecified atom stereocenters. The van der Waals surface area contributed by atoms with Gasteiger partial charge in [-0.05, 0) is 25.4 Å². The number of hydrogen-bond donors (Lipinski definition) is 0. The van der Waals surface area contributed by atoms with Crippen molar-refractivity contribution in [1.82, 2.24) is 0 Å². The highest BCUT2D eigenvalue weighted by Gasteiger charge is 2.27. The van der Waals surface area contributed by atoms with Crippen molar-refractivity contribution in [3.63, 3.8) is 0 Å². The number of rotatable bonds is 15. The molecular formula is C17H36O2Si. The number of allylic oxidation sites excluding steroid dienone is 1. The van der Waals surface area contributed by atoms with E-state index in [-0.39, 0.29) is 0 Å². The summed E-state index contributed by atoms with van der Waals surface area (Å²) >= 11 is 0. The summed E-state index contributed by atoms with van der Waals surface area (Å²) in [4.78, 5) is 0. The van der Waals surface area contributed by atoms with Gasteiger partial charge < -0.3 is 8.85 Å². The third kappa shape index (κ3) is 11.7. The quantitative estimate of drug-likeness (QED) is 0.215. The fourth-order valence-electron chi connectivity index (χ4n) is 2.44. The summed E-state index contributed by atoms with van der Waals surface area (Å²) in [5.74, 6) is 0. The van der Waals surface area contributed by atoms with Gasteiger partial charge in [-0.15, -0.1) is 6.58 Å². The van der Waals surface area contributed by atoms with Crippen LogP contribution in [0, 0.1) is 0 Å². The molecule has 0 aromatic rings. The number of unbranched alkanes of at least 4 members (excludes halogenated alkanes) is 10. The Kier molecular flexibility index (Phi) is 13.8. The van der Waals surface area contributed by atoms with E-state index in [1.807, 2.05) is 6.08 Å². The topological polar surface area (TPSA) is 18.5 Å². The van der Waals surface area contributed by atoms with Gasteiger partial charge in [-0.3, -0.25) is 0 Å². The maximum Gasteiger partial charge on any atom is 0.334 e. The summed E-state index contributed by atoms with van der Waals surface area (Å²) in [6.45, 7) is 5.91. The van der Waals surface area contributed by atoms with E-state index in [0.29, 0.717) is 0 Å². The van der Waals surface area contributed by atoms with Gasteiger partial charge in [0.1, 0.15) is 0 Å². The molecule has 0 bridgehead atoms. The van der Waals surface area contributed by atoms with Crippen molar-refractivity contribution in [3.8, 4) is 0 Å². The molecule has 120 valence electrons. The van der Waals surface area contributed by atoms with Crippen molar-refractivity contribution in [2.45, 2.75) is 83.2 Å². The Morgan fingerprint density at radius 3 is 1.55 bits per heavy atom. The summed E-state index contributed by atoms with van der Waals surface area (Å²) < 4.78 is 11.0. The second-order valence-corrected chi connectivity index (χ2v) is 9.49. The zero-order chi connectivity index (χ0) is 15.1. The Balaban J connectivity index is 3.19. The van der Waals surface area contributed by atoms with Crippen LogP contribution in [-0.2, 0) is 8.85 Å². The molecule has 2 nitrogen and oxygen atoms in total. The van der Waals surface area contributed by atoms with Gasteiger partial charge in [-0.1, -0.05) is 63.9 Å². The molecule has 0 saturated carbocycles. The van der Waals surface area contributed by atoms with E-state index in [2.05, 4.69) is 13.1 Å². The van der Waals surface area contributed by atoms with Gasteiger partial charge >= 0.3 is 8.56 Å². The Labute approximate surface area is 128 Å². The minimum absolute atomic E-state index is 1.13. The van der Waals surface area contributed by atoms with Crippen LogP contribution in [-0.4, -0.2) is 22.8 Å². The molecule has 0 N–H and O–H groups in total. The lowest BCUT2D eigenvalue weighted by molar-refractivity contribution is 0.248. The first-order valence-corrected chi connectivity index (χ1v) is 10.9. The highest BCUT2D eigenvalue weighted by Crippen LogP contribution is 2.17. The van der Waals surface area contributed by atoms with Gasteiger partial charge in [0.05, 0.1) is 0 Å². The molecule has 0 spiro atoms. The molecule has 0 aliphatic carbocycles. The van der Waals surface area contributed by atoms with E-state index in [9.17, 15) is 0 Å². The predicted octanol–water partition coefficient (Wildman–Crippen LogP) is 5.83. The molecule has 0 aromatic heterocycles. The average molecular weight is 301 g/mol. The van der Waals surface area contributed by atoms with E-state index in [1.165, 1.54) is 70.6 Å². The van der Waals surface area contributed by atoms with Crippen LogP contribution in [0.25, 0.3) is 0 Å². The first-order chi connectivity index (χ1) is 9.68. The van der Waals surface area contributed by atoms with E-state index in [0.717, 1.165) is 6.04 Å². The molecule has 0 saturated heterocycles. The zero-order valence-corrected chi connectivity index (χ0v) is 15.1. The summed E-state index contributed by atoms with van der Waals surface area (Å²) in [7, 11) is 1.76. The SMILES string of the molecule is C=CCCCCCCCCCCCC[Si](C)(OC)OC. The molecule has 0 amide bonds. The van der Waals surface area contributed by atoms with Crippen LogP contribution >= 0.6 is 0 Å². The number of hydrogen-bond acceptors (Lipinski definition) is 2. The van der Waals surface area contributed by atoms with Crippen molar-refractivity contribution < 1.29 is 8.85 Å². The molecule has 0 rings (SSSR count). The molecule has 20 heavy (non-hydrogen) atoms. The Hall–Kier alpha value is -0.123. The molecule has 3 heteroatoms. The summed E-state index contributed by atoms with van der Waals surface area (Å²) in [6.07, 6.45) is 16.9. The Morgan fingerprint density at radius 2 is 1.15 bits per heavy atom. The molecule has 0 fully saturated rings. The largest absolute Gasteiger partial charge is 0.398 e. The van der Waals surface area contributed by atoms with E-state index < -0.39 is 8.56 Å². The van der Waals surface area contributed by atoms with E-state index in [4.69, 9.17) is 8.85 Å². The Bertz CT molecular complexity index is 215. The summed E-state index contributed by atoms with van der Waals surface area (Å²) in [5.41, 5.74) is 0. The van der Waals surface area contributed by atoms with Gasteiger partial charge in [0.25, 0.3) is 0 Å². The van der Waals surface area contributed by atoms with E-state index >= 15 is 0 Å². The van der Waals surface area contributed by atoms with Gasteiger partial charge in [0.15, 0.2) is 0 Å². The van der Waals surface area contributed by atoms with E-state index in [1.54, 1.807) is 14.2 Å². The third-order valence-corrected chi connectivity index (χ3v) is 7.14. The van der Waals surface area contributed by atoms with Crippen molar-refractivity contribution in [1.29, 1.82) is 0 Å². The molecular weight excluding hydrogens is 264 g/mol. The van der Waals surface area contributed by atoms with Crippen LogP contribution in [0.4, 0.5) is 0 Å². The summed E-state index contributed by atoms with van der Waals surface area (Å²) in [5, 5.41) is 0. The second kappa shape index (κ2) is 13.8. The fraction of sp³-hybridized carbons (Fsp3) is 0.882. The molecule has 0 heterocycles. The van der Waals surface area contributed by atoms with Crippen LogP contribution in [0.15, 0.2) is 12.7 Å². The zero-order valence-electron chi connectivity index (χ0n) is 14.1. The van der Waals surface area contributed by atoms with Crippen molar-refractivity contribution in [3.05, 3.63) is 12.7 Å². The average Bonchev–Trinajstić information content (AvgIpc) is 2.48. The van der Waals surface area contributed by atoms with Gasteiger partial charge in [0.2, 0.25) is 0 Å². The normalized spacial score (nSPS) is 11.8. The van der Waals surface area contributed by atoms with Crippen LogP contribution in [0.2, 0.25) is 12.6 Å². The highest BCUT2D eigenvalue weighted by atomic mass is 28.4.